The Balaban J connectivity index is 1.63. The van der Waals surface area contributed by atoms with Crippen molar-refractivity contribution >= 4 is 17.6 Å². The summed E-state index contributed by atoms with van der Waals surface area (Å²) in [6.45, 7) is 6.26. The number of nitrogens with one attached hydrogen (secondary N) is 1. The molecular weight excluding hydrogens is 422 g/mol. The van der Waals surface area contributed by atoms with Gasteiger partial charge in [0.05, 0.1) is 25.5 Å². The first-order valence-electron chi connectivity index (χ1n) is 10.9. The van der Waals surface area contributed by atoms with E-state index in [2.05, 4.69) is 25.3 Å². The molecule has 0 amide bonds. The highest BCUT2D eigenvalue weighted by Crippen LogP contribution is 2.34. The van der Waals surface area contributed by atoms with E-state index in [1.54, 1.807) is 20.0 Å². The van der Waals surface area contributed by atoms with Gasteiger partial charge in [-0.3, -0.25) is 0 Å². The normalized spacial score (nSPS) is 19.1. The fraction of sp³-hybridized carbons (Fsp3) is 0.619. The average molecular weight is 450 g/mol. The minimum Gasteiger partial charge on any atom is -0.462 e. The Morgan fingerprint density at radius 1 is 1.28 bits per heavy atom. The Morgan fingerprint density at radius 3 is 2.69 bits per heavy atom. The Kier molecular flexibility index (Phi) is 6.54. The van der Waals surface area contributed by atoms with E-state index < -0.39 is 11.9 Å². The molecule has 0 atom stereocenters. The minimum absolute atomic E-state index is 0.0932. The van der Waals surface area contributed by atoms with Gasteiger partial charge >= 0.3 is 5.97 Å². The lowest BCUT2D eigenvalue weighted by Gasteiger charge is -2.30. The molecular formula is C21H28F2N6O3. The van der Waals surface area contributed by atoms with Crippen molar-refractivity contribution in [3.8, 4) is 5.95 Å². The van der Waals surface area contributed by atoms with E-state index in [0.29, 0.717) is 62.0 Å². The third-order valence-electron chi connectivity index (χ3n) is 5.70. The number of anilines is 2. The zero-order valence-corrected chi connectivity index (χ0v) is 18.3. The third-order valence-corrected chi connectivity index (χ3v) is 5.70. The topological polar surface area (TPSA) is 94.4 Å². The van der Waals surface area contributed by atoms with Crippen LogP contribution in [0.3, 0.4) is 0 Å². The van der Waals surface area contributed by atoms with Crippen molar-refractivity contribution in [2.75, 3.05) is 43.1 Å². The van der Waals surface area contributed by atoms with E-state index in [4.69, 9.17) is 9.47 Å². The molecule has 11 heteroatoms. The number of hydrogen-bond acceptors (Lipinski definition) is 8. The number of esters is 1. The van der Waals surface area contributed by atoms with Gasteiger partial charge in [0.25, 0.3) is 5.95 Å². The molecule has 174 valence electrons. The first-order valence-corrected chi connectivity index (χ1v) is 10.9. The highest BCUT2D eigenvalue weighted by atomic mass is 19.3. The summed E-state index contributed by atoms with van der Waals surface area (Å²) in [6, 6.07) is 1.73. The molecule has 1 N–H and O–H groups in total. The second kappa shape index (κ2) is 9.35. The van der Waals surface area contributed by atoms with Gasteiger partial charge in [-0.2, -0.15) is 15.1 Å². The number of aromatic nitrogens is 4. The Bertz CT molecular complexity index is 951. The molecule has 2 aromatic heterocycles. The summed E-state index contributed by atoms with van der Waals surface area (Å²) in [5, 5.41) is 7.70. The predicted octanol–water partition coefficient (Wildman–Crippen LogP) is 2.97. The summed E-state index contributed by atoms with van der Waals surface area (Å²) < 4.78 is 39.1. The van der Waals surface area contributed by atoms with Gasteiger partial charge in [0.2, 0.25) is 5.92 Å². The van der Waals surface area contributed by atoms with Gasteiger partial charge in [-0.05, 0) is 26.7 Å². The lowest BCUT2D eigenvalue weighted by molar-refractivity contribution is -0.0361. The third kappa shape index (κ3) is 5.14. The van der Waals surface area contributed by atoms with E-state index in [0.717, 1.165) is 0 Å². The highest BCUT2D eigenvalue weighted by Gasteiger charge is 2.35. The van der Waals surface area contributed by atoms with E-state index >= 15 is 0 Å². The summed E-state index contributed by atoms with van der Waals surface area (Å²) in [5.41, 5.74) is 0.851. The molecule has 0 radical (unpaired) electrons. The van der Waals surface area contributed by atoms with Crippen molar-refractivity contribution in [3.05, 3.63) is 23.5 Å². The Morgan fingerprint density at radius 2 is 2.00 bits per heavy atom. The number of rotatable bonds is 6. The molecule has 0 unspecified atom stereocenters. The number of hydrogen-bond donors (Lipinski definition) is 1. The SMILES string of the molecule is CCOC(=O)c1cn(-c2nc(NC3CCC(F)(F)CC3)cc(N3CCOCC3)n2)nc1C. The fourth-order valence-electron chi connectivity index (χ4n) is 3.92. The van der Waals surface area contributed by atoms with Crippen molar-refractivity contribution in [1.82, 2.24) is 19.7 Å². The molecule has 0 spiro atoms. The number of halogens is 2. The first kappa shape index (κ1) is 22.4. The van der Waals surface area contributed by atoms with Gasteiger partial charge < -0.3 is 19.7 Å². The summed E-state index contributed by atoms with van der Waals surface area (Å²) >= 11 is 0. The van der Waals surface area contributed by atoms with Crippen molar-refractivity contribution in [3.63, 3.8) is 0 Å². The van der Waals surface area contributed by atoms with Crippen LogP contribution in [0.5, 0.6) is 0 Å². The van der Waals surface area contributed by atoms with Crippen LogP contribution in [0.4, 0.5) is 20.4 Å². The monoisotopic (exact) mass is 450 g/mol. The van der Waals surface area contributed by atoms with Crippen molar-refractivity contribution in [1.29, 1.82) is 0 Å². The number of nitrogens with zero attached hydrogens (tertiary/aromatic N) is 5. The molecule has 1 saturated carbocycles. The van der Waals surface area contributed by atoms with Crippen LogP contribution in [0.2, 0.25) is 0 Å². The van der Waals surface area contributed by atoms with Crippen LogP contribution < -0.4 is 10.2 Å². The molecule has 3 heterocycles. The Labute approximate surface area is 185 Å². The molecule has 0 bridgehead atoms. The number of morpholine rings is 1. The molecule has 2 fully saturated rings. The van der Waals surface area contributed by atoms with Crippen LogP contribution in [-0.2, 0) is 9.47 Å². The van der Waals surface area contributed by atoms with Crippen LogP contribution in [0.1, 0.15) is 48.7 Å². The summed E-state index contributed by atoms with van der Waals surface area (Å²) in [4.78, 5) is 23.5. The van der Waals surface area contributed by atoms with E-state index in [9.17, 15) is 13.6 Å². The van der Waals surface area contributed by atoms with Gasteiger partial charge in [0, 0.05) is 44.2 Å². The molecule has 9 nitrogen and oxygen atoms in total. The number of alkyl halides is 2. The van der Waals surface area contributed by atoms with Crippen LogP contribution >= 0.6 is 0 Å². The molecule has 1 aliphatic heterocycles. The van der Waals surface area contributed by atoms with Gasteiger partial charge in [0.1, 0.15) is 17.2 Å². The predicted molar refractivity (Wildman–Crippen MR) is 114 cm³/mol. The molecule has 32 heavy (non-hydrogen) atoms. The van der Waals surface area contributed by atoms with Crippen LogP contribution in [0.15, 0.2) is 12.3 Å². The van der Waals surface area contributed by atoms with E-state index in [1.165, 1.54) is 4.68 Å². The molecule has 2 aliphatic rings. The lowest BCUT2D eigenvalue weighted by Crippen LogP contribution is -2.37. The summed E-state index contributed by atoms with van der Waals surface area (Å²) in [5.74, 6) is -1.53. The zero-order valence-electron chi connectivity index (χ0n) is 18.3. The smallest absolute Gasteiger partial charge is 0.341 e. The number of carbonyl (C=O) groups excluding carboxylic acids is 1. The van der Waals surface area contributed by atoms with Crippen molar-refractivity contribution < 1.29 is 23.0 Å². The summed E-state index contributed by atoms with van der Waals surface area (Å²) in [6.07, 6.45) is 2.01. The van der Waals surface area contributed by atoms with Crippen LogP contribution in [-0.4, -0.2) is 70.6 Å². The maximum Gasteiger partial charge on any atom is 0.341 e. The van der Waals surface area contributed by atoms with Gasteiger partial charge in [-0.25, -0.2) is 18.3 Å². The second-order valence-electron chi connectivity index (χ2n) is 8.08. The van der Waals surface area contributed by atoms with Crippen molar-refractivity contribution in [2.45, 2.75) is 51.5 Å². The highest BCUT2D eigenvalue weighted by molar-refractivity contribution is 5.90. The average Bonchev–Trinajstić information content (AvgIpc) is 3.18. The molecule has 2 aromatic rings. The molecule has 1 saturated heterocycles. The summed E-state index contributed by atoms with van der Waals surface area (Å²) in [7, 11) is 0. The van der Waals surface area contributed by atoms with Crippen molar-refractivity contribution in [2.24, 2.45) is 0 Å². The van der Waals surface area contributed by atoms with Gasteiger partial charge in [0.15, 0.2) is 0 Å². The maximum atomic E-state index is 13.5. The molecule has 0 aromatic carbocycles. The second-order valence-corrected chi connectivity index (χ2v) is 8.08. The Hall–Kier alpha value is -2.82. The first-order chi connectivity index (χ1) is 15.3. The number of carbonyl (C=O) groups is 1. The van der Waals surface area contributed by atoms with E-state index in [-0.39, 0.29) is 31.4 Å². The maximum absolute atomic E-state index is 13.5. The zero-order chi connectivity index (χ0) is 22.7. The van der Waals surface area contributed by atoms with Gasteiger partial charge in [-0.15, -0.1) is 0 Å². The molecule has 4 rings (SSSR count). The number of ether oxygens (including phenoxy) is 2. The minimum atomic E-state index is -2.59. The van der Waals surface area contributed by atoms with Crippen LogP contribution in [0.25, 0.3) is 5.95 Å². The van der Waals surface area contributed by atoms with E-state index in [1.807, 2.05) is 6.07 Å². The fourth-order valence-corrected chi connectivity index (χ4v) is 3.92. The largest absolute Gasteiger partial charge is 0.462 e. The quantitative estimate of drug-likeness (QED) is 0.672. The number of aryl methyl sites for hydroxylation is 1. The van der Waals surface area contributed by atoms with Crippen LogP contribution in [0, 0.1) is 6.92 Å². The molecule has 1 aliphatic carbocycles. The standard InChI is InChI=1S/C21H28F2N6O3/c1-3-32-19(30)16-13-29(27-14(16)2)20-25-17(24-15-4-6-21(22,23)7-5-15)12-18(26-20)28-8-10-31-11-9-28/h12-13,15H,3-11H2,1-2H3,(H,24,25,26). The lowest BCUT2D eigenvalue weighted by atomic mass is 9.92. The van der Waals surface area contributed by atoms with Gasteiger partial charge in [-0.1, -0.05) is 0 Å².